The Balaban J connectivity index is 1.83. The quantitative estimate of drug-likeness (QED) is 0.775. The number of nitrogens with zero attached hydrogens (tertiary/aromatic N) is 3. The summed E-state index contributed by atoms with van der Waals surface area (Å²) in [6.45, 7) is 6.49. The molecule has 0 aliphatic heterocycles. The van der Waals surface area contributed by atoms with Gasteiger partial charge in [0.2, 0.25) is 0 Å². The van der Waals surface area contributed by atoms with Gasteiger partial charge in [-0.25, -0.2) is 9.50 Å². The standard InChI is InChI=1S/C16H20N4S/c1-11(2)14-9-15-16(17-5-6-20(15)19-14)18-12(3)8-13-4-7-21-10-13/h4-7,9-12H,8H2,1-3H3,(H,17,18). The first kappa shape index (κ1) is 14.1. The van der Waals surface area contributed by atoms with Crippen LogP contribution in [0.5, 0.6) is 0 Å². The fourth-order valence-electron chi connectivity index (χ4n) is 2.38. The molecule has 0 amide bonds. The second kappa shape index (κ2) is 5.85. The highest BCUT2D eigenvalue weighted by atomic mass is 32.1. The molecule has 0 aliphatic carbocycles. The molecule has 1 N–H and O–H groups in total. The normalized spacial score (nSPS) is 13.0. The lowest BCUT2D eigenvalue weighted by molar-refractivity contribution is 0.777. The average molecular weight is 300 g/mol. The summed E-state index contributed by atoms with van der Waals surface area (Å²) in [7, 11) is 0. The summed E-state index contributed by atoms with van der Waals surface area (Å²) in [6.07, 6.45) is 4.69. The Hall–Kier alpha value is -1.88. The summed E-state index contributed by atoms with van der Waals surface area (Å²) in [5, 5.41) is 12.4. The van der Waals surface area contributed by atoms with E-state index in [1.54, 1.807) is 17.5 Å². The van der Waals surface area contributed by atoms with Gasteiger partial charge >= 0.3 is 0 Å². The molecule has 0 saturated carbocycles. The number of thiophene rings is 1. The predicted molar refractivity (Wildman–Crippen MR) is 88.2 cm³/mol. The molecule has 21 heavy (non-hydrogen) atoms. The van der Waals surface area contributed by atoms with Gasteiger partial charge in [-0.2, -0.15) is 16.4 Å². The van der Waals surface area contributed by atoms with E-state index >= 15 is 0 Å². The van der Waals surface area contributed by atoms with E-state index in [0.29, 0.717) is 12.0 Å². The van der Waals surface area contributed by atoms with Crippen molar-refractivity contribution in [1.29, 1.82) is 0 Å². The van der Waals surface area contributed by atoms with Crippen LogP contribution in [0.4, 0.5) is 5.82 Å². The molecule has 3 aromatic rings. The molecule has 1 unspecified atom stereocenters. The van der Waals surface area contributed by atoms with Crippen LogP contribution in [-0.2, 0) is 6.42 Å². The van der Waals surface area contributed by atoms with E-state index < -0.39 is 0 Å². The van der Waals surface area contributed by atoms with Crippen molar-refractivity contribution in [3.05, 3.63) is 46.5 Å². The predicted octanol–water partition coefficient (Wildman–Crippen LogP) is 3.96. The fraction of sp³-hybridized carbons (Fsp3) is 0.375. The van der Waals surface area contributed by atoms with Crippen LogP contribution >= 0.6 is 11.3 Å². The van der Waals surface area contributed by atoms with Gasteiger partial charge in [0.25, 0.3) is 0 Å². The Morgan fingerprint density at radius 3 is 2.90 bits per heavy atom. The van der Waals surface area contributed by atoms with Gasteiger partial charge in [0.15, 0.2) is 5.82 Å². The Kier molecular flexibility index (Phi) is 3.92. The molecule has 4 nitrogen and oxygen atoms in total. The third-order valence-electron chi connectivity index (χ3n) is 3.51. The molecule has 1 atom stereocenters. The summed E-state index contributed by atoms with van der Waals surface area (Å²) in [4.78, 5) is 4.48. The Morgan fingerprint density at radius 1 is 1.33 bits per heavy atom. The molecular weight excluding hydrogens is 280 g/mol. The van der Waals surface area contributed by atoms with Crippen LogP contribution in [0, 0.1) is 0 Å². The molecule has 0 spiro atoms. The van der Waals surface area contributed by atoms with E-state index in [2.05, 4.69) is 59.1 Å². The van der Waals surface area contributed by atoms with E-state index in [1.807, 2.05) is 10.7 Å². The second-order valence-corrected chi connectivity index (χ2v) is 6.49. The zero-order valence-electron chi connectivity index (χ0n) is 12.6. The number of rotatable bonds is 5. The smallest absolute Gasteiger partial charge is 0.152 e. The van der Waals surface area contributed by atoms with Gasteiger partial charge in [0.05, 0.1) is 5.69 Å². The van der Waals surface area contributed by atoms with Crippen LogP contribution in [0.3, 0.4) is 0 Å². The van der Waals surface area contributed by atoms with Crippen molar-refractivity contribution < 1.29 is 0 Å². The van der Waals surface area contributed by atoms with E-state index in [9.17, 15) is 0 Å². The first-order valence-corrected chi connectivity index (χ1v) is 8.19. The molecular formula is C16H20N4S. The zero-order chi connectivity index (χ0) is 14.8. The number of nitrogens with one attached hydrogen (secondary N) is 1. The SMILES string of the molecule is CC(Cc1ccsc1)Nc1nccn2nc(C(C)C)cc12. The van der Waals surface area contributed by atoms with Gasteiger partial charge in [-0.15, -0.1) is 0 Å². The van der Waals surface area contributed by atoms with Crippen molar-refractivity contribution in [3.63, 3.8) is 0 Å². The lowest BCUT2D eigenvalue weighted by Gasteiger charge is -2.14. The van der Waals surface area contributed by atoms with Gasteiger partial charge < -0.3 is 5.32 Å². The van der Waals surface area contributed by atoms with Crippen LogP contribution < -0.4 is 5.32 Å². The molecule has 0 aromatic carbocycles. The number of fused-ring (bicyclic) bond motifs is 1. The third kappa shape index (κ3) is 3.08. The molecule has 110 valence electrons. The molecule has 3 rings (SSSR count). The fourth-order valence-corrected chi connectivity index (χ4v) is 3.06. The summed E-state index contributed by atoms with van der Waals surface area (Å²) >= 11 is 1.74. The highest BCUT2D eigenvalue weighted by Gasteiger charge is 2.12. The summed E-state index contributed by atoms with van der Waals surface area (Å²) in [5.74, 6) is 1.32. The molecule has 0 bridgehead atoms. The maximum absolute atomic E-state index is 4.59. The van der Waals surface area contributed by atoms with Gasteiger partial charge in [-0.3, -0.25) is 0 Å². The number of hydrogen-bond donors (Lipinski definition) is 1. The van der Waals surface area contributed by atoms with E-state index in [1.165, 1.54) is 5.56 Å². The van der Waals surface area contributed by atoms with Crippen LogP contribution in [0.15, 0.2) is 35.3 Å². The highest BCUT2D eigenvalue weighted by Crippen LogP contribution is 2.21. The maximum Gasteiger partial charge on any atom is 0.152 e. The van der Waals surface area contributed by atoms with Gasteiger partial charge in [0, 0.05) is 18.4 Å². The van der Waals surface area contributed by atoms with Gasteiger partial charge in [0.1, 0.15) is 5.52 Å². The molecule has 0 aliphatic rings. The molecule has 5 heteroatoms. The molecule has 0 fully saturated rings. The molecule has 3 heterocycles. The van der Waals surface area contributed by atoms with E-state index in [0.717, 1.165) is 23.4 Å². The zero-order valence-corrected chi connectivity index (χ0v) is 13.4. The molecule has 3 aromatic heterocycles. The van der Waals surface area contributed by atoms with E-state index in [4.69, 9.17) is 0 Å². The summed E-state index contributed by atoms with van der Waals surface area (Å²) in [6, 6.07) is 4.62. The van der Waals surface area contributed by atoms with Gasteiger partial charge in [-0.05, 0) is 47.7 Å². The Bertz CT molecular complexity index is 715. The van der Waals surface area contributed by atoms with Crippen LogP contribution in [0.2, 0.25) is 0 Å². The number of aromatic nitrogens is 3. The number of hydrogen-bond acceptors (Lipinski definition) is 4. The minimum atomic E-state index is 0.329. The topological polar surface area (TPSA) is 42.2 Å². The maximum atomic E-state index is 4.59. The Labute approximate surface area is 128 Å². The Morgan fingerprint density at radius 2 is 2.19 bits per heavy atom. The second-order valence-electron chi connectivity index (χ2n) is 5.71. The van der Waals surface area contributed by atoms with E-state index in [-0.39, 0.29) is 0 Å². The lowest BCUT2D eigenvalue weighted by Crippen LogP contribution is -2.19. The number of anilines is 1. The van der Waals surface area contributed by atoms with Crippen molar-refractivity contribution in [2.24, 2.45) is 0 Å². The minimum absolute atomic E-state index is 0.329. The molecule has 0 saturated heterocycles. The first-order valence-electron chi connectivity index (χ1n) is 7.25. The van der Waals surface area contributed by atoms with Crippen LogP contribution in [-0.4, -0.2) is 20.6 Å². The van der Waals surface area contributed by atoms with Crippen LogP contribution in [0.25, 0.3) is 5.52 Å². The summed E-state index contributed by atoms with van der Waals surface area (Å²) in [5.41, 5.74) is 3.50. The molecule has 0 radical (unpaired) electrons. The monoisotopic (exact) mass is 300 g/mol. The lowest BCUT2D eigenvalue weighted by atomic mass is 10.1. The van der Waals surface area contributed by atoms with Crippen molar-refractivity contribution in [2.45, 2.75) is 39.2 Å². The van der Waals surface area contributed by atoms with Crippen molar-refractivity contribution in [3.8, 4) is 0 Å². The largest absolute Gasteiger partial charge is 0.365 e. The average Bonchev–Trinajstić information content (AvgIpc) is 3.07. The van der Waals surface area contributed by atoms with Gasteiger partial charge in [-0.1, -0.05) is 13.8 Å². The highest BCUT2D eigenvalue weighted by molar-refractivity contribution is 7.07. The van der Waals surface area contributed by atoms with Crippen LogP contribution in [0.1, 0.15) is 37.9 Å². The van der Waals surface area contributed by atoms with Crippen molar-refractivity contribution in [1.82, 2.24) is 14.6 Å². The van der Waals surface area contributed by atoms with Crippen molar-refractivity contribution >= 4 is 22.7 Å². The minimum Gasteiger partial charge on any atom is -0.365 e. The first-order chi connectivity index (χ1) is 10.1. The summed E-state index contributed by atoms with van der Waals surface area (Å²) < 4.78 is 1.90. The van der Waals surface area contributed by atoms with Crippen molar-refractivity contribution in [2.75, 3.05) is 5.32 Å². The third-order valence-corrected chi connectivity index (χ3v) is 4.24.